The highest BCUT2D eigenvalue weighted by molar-refractivity contribution is 6.06. The Balaban J connectivity index is 1.76. The number of H-pyrrole nitrogens is 2. The summed E-state index contributed by atoms with van der Waals surface area (Å²) in [6.07, 6.45) is 2.85. The third-order valence-electron chi connectivity index (χ3n) is 5.90. The molecule has 12 heteroatoms. The number of carbonyl (C=O) groups is 3. The summed E-state index contributed by atoms with van der Waals surface area (Å²) in [4.78, 5) is 51.1. The van der Waals surface area contributed by atoms with Crippen LogP contribution in [0.1, 0.15) is 71.5 Å². The molecule has 3 rings (SSSR count). The topological polar surface area (TPSA) is 206 Å². The Morgan fingerprint density at radius 2 is 1.86 bits per heavy atom. The minimum atomic E-state index is -1.16. The Morgan fingerprint density at radius 1 is 1.14 bits per heavy atom. The van der Waals surface area contributed by atoms with E-state index in [2.05, 4.69) is 30.6 Å². The number of carboxylic acids is 1. The Labute approximate surface area is 214 Å². The van der Waals surface area contributed by atoms with Crippen molar-refractivity contribution in [3.63, 3.8) is 0 Å². The highest BCUT2D eigenvalue weighted by Gasteiger charge is 2.27. The van der Waals surface area contributed by atoms with E-state index in [-0.39, 0.29) is 29.9 Å². The Hall–Kier alpha value is -4.35. The first-order valence-electron chi connectivity index (χ1n) is 12.2. The van der Waals surface area contributed by atoms with Gasteiger partial charge in [-0.25, -0.2) is 9.78 Å². The molecule has 1 aromatic carbocycles. The Bertz CT molecular complexity index is 1290. The van der Waals surface area contributed by atoms with Crippen molar-refractivity contribution >= 4 is 34.6 Å². The summed E-state index contributed by atoms with van der Waals surface area (Å²) in [5.74, 6) is -1.34. The molecule has 2 amide bonds. The fourth-order valence-electron chi connectivity index (χ4n) is 4.10. The van der Waals surface area contributed by atoms with Gasteiger partial charge in [-0.3, -0.25) is 26.0 Å². The van der Waals surface area contributed by atoms with Crippen molar-refractivity contribution in [1.82, 2.24) is 25.6 Å². The Morgan fingerprint density at radius 3 is 2.54 bits per heavy atom. The van der Waals surface area contributed by atoms with Crippen LogP contribution in [0, 0.1) is 12.8 Å². The molecule has 0 aliphatic rings. The molecule has 0 bridgehead atoms. The molecular formula is C25H35N8O4+. The zero-order valence-electron chi connectivity index (χ0n) is 21.2. The predicted molar refractivity (Wildman–Crippen MR) is 139 cm³/mol. The first kappa shape index (κ1) is 27.2. The van der Waals surface area contributed by atoms with Crippen molar-refractivity contribution in [2.45, 2.75) is 52.1 Å². The van der Waals surface area contributed by atoms with Crippen molar-refractivity contribution in [1.29, 1.82) is 0 Å². The molecule has 0 aliphatic heterocycles. The van der Waals surface area contributed by atoms with Gasteiger partial charge in [0.2, 0.25) is 0 Å². The number of amides is 2. The SMILES string of the molecule is Cc1[nH]c([C@H](CC(C)C)NC(=O)c2c[nH]c3ccccc23)nc1C(=O)N[C@@H](CCC[NH+]=C(N)N)C(=O)O. The lowest BCUT2D eigenvalue weighted by Crippen LogP contribution is -2.78. The number of nitrogens with two attached hydrogens (primary N) is 2. The van der Waals surface area contributed by atoms with Crippen LogP contribution in [0.4, 0.5) is 0 Å². The van der Waals surface area contributed by atoms with Crippen LogP contribution in [0.2, 0.25) is 0 Å². The van der Waals surface area contributed by atoms with Crippen LogP contribution in [-0.2, 0) is 4.79 Å². The van der Waals surface area contributed by atoms with Crippen LogP contribution in [0.5, 0.6) is 0 Å². The number of nitrogens with one attached hydrogen (secondary N) is 5. The van der Waals surface area contributed by atoms with E-state index in [1.54, 1.807) is 13.1 Å². The van der Waals surface area contributed by atoms with Gasteiger partial charge in [0.25, 0.3) is 11.8 Å². The number of fused-ring (bicyclic) bond motifs is 1. The normalized spacial score (nSPS) is 12.8. The van der Waals surface area contributed by atoms with Gasteiger partial charge in [0.05, 0.1) is 18.2 Å². The summed E-state index contributed by atoms with van der Waals surface area (Å²) in [5.41, 5.74) is 12.6. The molecular weight excluding hydrogens is 476 g/mol. The van der Waals surface area contributed by atoms with Crippen LogP contribution in [0.25, 0.3) is 10.9 Å². The van der Waals surface area contributed by atoms with E-state index in [4.69, 9.17) is 11.5 Å². The van der Waals surface area contributed by atoms with Gasteiger partial charge in [0, 0.05) is 22.8 Å². The first-order valence-corrected chi connectivity index (χ1v) is 12.2. The second-order valence-corrected chi connectivity index (χ2v) is 9.39. The molecule has 0 fully saturated rings. The summed E-state index contributed by atoms with van der Waals surface area (Å²) in [5, 5.41) is 15.9. The number of imidazole rings is 1. The lowest BCUT2D eigenvalue weighted by molar-refractivity contribution is -0.459. The average molecular weight is 512 g/mol. The number of para-hydroxylation sites is 1. The van der Waals surface area contributed by atoms with Crippen molar-refractivity contribution in [2.24, 2.45) is 17.4 Å². The van der Waals surface area contributed by atoms with Crippen LogP contribution in [0.15, 0.2) is 30.5 Å². The van der Waals surface area contributed by atoms with E-state index >= 15 is 0 Å². The largest absolute Gasteiger partial charge is 0.480 e. The summed E-state index contributed by atoms with van der Waals surface area (Å²) in [6, 6.07) is 5.93. The van der Waals surface area contributed by atoms with Gasteiger partial charge in [-0.1, -0.05) is 32.0 Å². The molecule has 37 heavy (non-hydrogen) atoms. The number of hydrogen-bond acceptors (Lipinski definition) is 4. The second kappa shape index (κ2) is 12.1. The summed E-state index contributed by atoms with van der Waals surface area (Å²) in [7, 11) is 0. The smallest absolute Gasteiger partial charge is 0.338 e. The number of aliphatic carboxylic acids is 1. The number of guanidine groups is 1. The molecule has 3 aromatic rings. The third kappa shape index (κ3) is 7.09. The molecule has 0 saturated carbocycles. The number of benzene rings is 1. The van der Waals surface area contributed by atoms with Crippen LogP contribution in [0.3, 0.4) is 0 Å². The molecule has 10 N–H and O–H groups in total. The summed E-state index contributed by atoms with van der Waals surface area (Å²) >= 11 is 0. The fraction of sp³-hybridized carbons (Fsp3) is 0.400. The Kier molecular flexibility index (Phi) is 8.88. The number of aromatic nitrogens is 3. The van der Waals surface area contributed by atoms with Crippen molar-refractivity contribution in [2.75, 3.05) is 6.54 Å². The maximum atomic E-state index is 13.2. The predicted octanol–water partition coefficient (Wildman–Crippen LogP) is 0.0338. The van der Waals surface area contributed by atoms with Crippen molar-refractivity contribution in [3.8, 4) is 0 Å². The second-order valence-electron chi connectivity index (χ2n) is 9.39. The summed E-state index contributed by atoms with van der Waals surface area (Å²) < 4.78 is 0. The fourth-order valence-corrected chi connectivity index (χ4v) is 4.10. The van der Waals surface area contributed by atoms with Crippen LogP contribution >= 0.6 is 0 Å². The molecule has 198 valence electrons. The molecule has 0 saturated heterocycles. The molecule has 12 nitrogen and oxygen atoms in total. The lowest BCUT2D eigenvalue weighted by Gasteiger charge is -2.18. The van der Waals surface area contributed by atoms with Gasteiger partial charge < -0.3 is 25.7 Å². The maximum absolute atomic E-state index is 13.2. The van der Waals surface area contributed by atoms with Gasteiger partial charge in [-0.05, 0) is 38.2 Å². The molecule has 2 atom stereocenters. The van der Waals surface area contributed by atoms with E-state index in [0.717, 1.165) is 10.9 Å². The monoisotopic (exact) mass is 511 g/mol. The molecule has 2 aromatic heterocycles. The molecule has 0 unspecified atom stereocenters. The van der Waals surface area contributed by atoms with Gasteiger partial charge in [-0.2, -0.15) is 0 Å². The minimum Gasteiger partial charge on any atom is -0.480 e. The lowest BCUT2D eigenvalue weighted by atomic mass is 10.0. The van der Waals surface area contributed by atoms with Gasteiger partial charge >= 0.3 is 11.9 Å². The van der Waals surface area contributed by atoms with E-state index < -0.39 is 24.0 Å². The van der Waals surface area contributed by atoms with Gasteiger partial charge in [0.15, 0.2) is 0 Å². The highest BCUT2D eigenvalue weighted by Crippen LogP contribution is 2.23. The number of aromatic amines is 2. The zero-order valence-corrected chi connectivity index (χ0v) is 21.2. The molecule has 0 aliphatic carbocycles. The van der Waals surface area contributed by atoms with Gasteiger partial charge in [0.1, 0.15) is 17.6 Å². The number of rotatable bonds is 12. The van der Waals surface area contributed by atoms with Crippen LogP contribution < -0.4 is 27.1 Å². The van der Waals surface area contributed by atoms with E-state index in [0.29, 0.717) is 36.5 Å². The minimum absolute atomic E-state index is 0.0447. The number of aryl methyl sites for hydroxylation is 1. The number of hydrogen-bond donors (Lipinski definition) is 8. The quantitative estimate of drug-likeness (QED) is 0.0950. The van der Waals surface area contributed by atoms with E-state index in [1.165, 1.54) is 0 Å². The molecule has 0 radical (unpaired) electrons. The van der Waals surface area contributed by atoms with Crippen molar-refractivity contribution in [3.05, 3.63) is 53.2 Å². The van der Waals surface area contributed by atoms with Crippen molar-refractivity contribution < 1.29 is 24.5 Å². The molecule has 2 heterocycles. The number of carboxylic acid groups (broad SMARTS) is 1. The average Bonchev–Trinajstić information content (AvgIpc) is 3.43. The highest BCUT2D eigenvalue weighted by atomic mass is 16.4. The zero-order chi connectivity index (χ0) is 27.1. The molecule has 0 spiro atoms. The number of nitrogens with zero attached hydrogens (tertiary/aromatic N) is 1. The maximum Gasteiger partial charge on any atom is 0.338 e. The first-order chi connectivity index (χ1) is 17.6. The standard InChI is InChI=1S/C25H34N8O4/c1-13(2)11-19(32-22(34)16-12-29-17-8-5-4-7-15(16)17)21-30-14(3)20(33-21)23(35)31-18(24(36)37)9-6-10-28-25(26)27/h4-5,7-8,12-13,18-19,29H,6,9-11H2,1-3H3,(H,30,33)(H,31,35)(H,32,34)(H,36,37)(H4,26,27,28)/p+1/t18-,19-/m0/s1. The van der Waals surface area contributed by atoms with E-state index in [9.17, 15) is 19.5 Å². The third-order valence-corrected chi connectivity index (χ3v) is 5.90. The van der Waals surface area contributed by atoms with Crippen LogP contribution in [-0.4, -0.2) is 56.4 Å². The van der Waals surface area contributed by atoms with E-state index in [1.807, 2.05) is 38.1 Å². The summed E-state index contributed by atoms with van der Waals surface area (Å²) in [6.45, 7) is 6.10. The van der Waals surface area contributed by atoms with Gasteiger partial charge in [-0.15, -0.1) is 0 Å². The number of carbonyl (C=O) groups excluding carboxylic acids is 2.